The molecule has 1 atom stereocenters. The van der Waals surface area contributed by atoms with E-state index in [9.17, 15) is 0 Å². The van der Waals surface area contributed by atoms with Crippen molar-refractivity contribution in [3.05, 3.63) is 35.4 Å². The van der Waals surface area contributed by atoms with Crippen LogP contribution in [0.5, 0.6) is 0 Å². The summed E-state index contributed by atoms with van der Waals surface area (Å²) in [5.74, 6) is 3.48. The van der Waals surface area contributed by atoms with Gasteiger partial charge in [-0.1, -0.05) is 30.7 Å². The molecular weight excluding hydrogens is 226 g/mol. The lowest BCUT2D eigenvalue weighted by Crippen LogP contribution is -2.35. The van der Waals surface area contributed by atoms with Crippen LogP contribution in [0.15, 0.2) is 24.3 Å². The number of hydrogen-bond acceptors (Lipinski definition) is 2. The van der Waals surface area contributed by atoms with Crippen molar-refractivity contribution in [1.29, 1.82) is 0 Å². The molecule has 3 rings (SSSR count). The summed E-state index contributed by atoms with van der Waals surface area (Å²) in [5, 5.41) is 3.64. The molecule has 0 bridgehead atoms. The van der Waals surface area contributed by atoms with Gasteiger partial charge in [-0.15, -0.1) is 0 Å². The molecule has 1 nitrogen and oxygen atoms in total. The van der Waals surface area contributed by atoms with Crippen LogP contribution in [0.2, 0.25) is 0 Å². The zero-order chi connectivity index (χ0) is 11.5. The fourth-order valence-electron chi connectivity index (χ4n) is 2.78. The molecule has 2 heteroatoms. The topological polar surface area (TPSA) is 12.0 Å². The van der Waals surface area contributed by atoms with Crippen molar-refractivity contribution in [2.24, 2.45) is 0 Å². The lowest BCUT2D eigenvalue weighted by atomic mass is 9.94. The molecule has 0 saturated carbocycles. The quantitative estimate of drug-likeness (QED) is 0.880. The standard InChI is InChI=1S/C15H21NS/c1-2-7-16-15(6-1)9-12-4-3-5-13(8-12)14-10-17-11-14/h3-5,8,14-16H,1-2,6-7,9-11H2. The average molecular weight is 247 g/mol. The zero-order valence-electron chi connectivity index (χ0n) is 10.3. The zero-order valence-corrected chi connectivity index (χ0v) is 11.1. The Morgan fingerprint density at radius 2 is 2.18 bits per heavy atom. The van der Waals surface area contributed by atoms with Crippen LogP contribution in [0, 0.1) is 0 Å². The summed E-state index contributed by atoms with van der Waals surface area (Å²) >= 11 is 2.07. The molecule has 1 aromatic rings. The third kappa shape index (κ3) is 2.86. The second kappa shape index (κ2) is 5.45. The maximum Gasteiger partial charge on any atom is 0.0107 e. The minimum Gasteiger partial charge on any atom is -0.314 e. The monoisotopic (exact) mass is 247 g/mol. The molecule has 2 saturated heterocycles. The van der Waals surface area contributed by atoms with Gasteiger partial charge in [0.15, 0.2) is 0 Å². The highest BCUT2D eigenvalue weighted by Crippen LogP contribution is 2.34. The first-order chi connectivity index (χ1) is 8.42. The van der Waals surface area contributed by atoms with Gasteiger partial charge in [-0.05, 0) is 36.9 Å². The molecule has 92 valence electrons. The van der Waals surface area contributed by atoms with E-state index in [0.717, 1.165) is 12.0 Å². The summed E-state index contributed by atoms with van der Waals surface area (Å²) in [6.45, 7) is 1.21. The number of nitrogens with one attached hydrogen (secondary N) is 1. The normalized spacial score (nSPS) is 25.5. The Kier molecular flexibility index (Phi) is 3.72. The van der Waals surface area contributed by atoms with E-state index < -0.39 is 0 Å². The van der Waals surface area contributed by atoms with Crippen molar-refractivity contribution >= 4 is 11.8 Å². The van der Waals surface area contributed by atoms with Crippen molar-refractivity contribution in [3.8, 4) is 0 Å². The van der Waals surface area contributed by atoms with Gasteiger partial charge in [-0.2, -0.15) is 11.8 Å². The van der Waals surface area contributed by atoms with Crippen molar-refractivity contribution in [3.63, 3.8) is 0 Å². The summed E-state index contributed by atoms with van der Waals surface area (Å²) in [5.41, 5.74) is 3.09. The fourth-order valence-corrected chi connectivity index (χ4v) is 3.64. The van der Waals surface area contributed by atoms with Crippen LogP contribution in [0.25, 0.3) is 0 Å². The molecule has 2 heterocycles. The highest BCUT2D eigenvalue weighted by molar-refractivity contribution is 8.00. The van der Waals surface area contributed by atoms with Crippen LogP contribution in [0.4, 0.5) is 0 Å². The summed E-state index contributed by atoms with van der Waals surface area (Å²) in [6.07, 6.45) is 5.32. The van der Waals surface area contributed by atoms with Crippen LogP contribution in [0.3, 0.4) is 0 Å². The van der Waals surface area contributed by atoms with Gasteiger partial charge in [0, 0.05) is 23.5 Å². The lowest BCUT2D eigenvalue weighted by molar-refractivity contribution is 0.399. The van der Waals surface area contributed by atoms with Crippen molar-refractivity contribution in [1.82, 2.24) is 5.32 Å². The van der Waals surface area contributed by atoms with Crippen LogP contribution < -0.4 is 5.32 Å². The molecule has 2 aliphatic heterocycles. The molecule has 0 aliphatic carbocycles. The highest BCUT2D eigenvalue weighted by Gasteiger charge is 2.20. The summed E-state index contributed by atoms with van der Waals surface area (Å²) in [4.78, 5) is 0. The van der Waals surface area contributed by atoms with Gasteiger partial charge in [0.25, 0.3) is 0 Å². The molecule has 0 spiro atoms. The molecule has 2 fully saturated rings. The molecule has 17 heavy (non-hydrogen) atoms. The fraction of sp³-hybridized carbons (Fsp3) is 0.600. The molecular formula is C15H21NS. The number of hydrogen-bond donors (Lipinski definition) is 1. The van der Waals surface area contributed by atoms with Gasteiger partial charge in [0.05, 0.1) is 0 Å². The van der Waals surface area contributed by atoms with Crippen LogP contribution in [-0.2, 0) is 6.42 Å². The van der Waals surface area contributed by atoms with Crippen molar-refractivity contribution < 1.29 is 0 Å². The number of thioether (sulfide) groups is 1. The van der Waals surface area contributed by atoms with E-state index >= 15 is 0 Å². The van der Waals surface area contributed by atoms with E-state index in [4.69, 9.17) is 0 Å². The summed E-state index contributed by atoms with van der Waals surface area (Å²) < 4.78 is 0. The minimum absolute atomic E-state index is 0.717. The molecule has 2 aliphatic rings. The van der Waals surface area contributed by atoms with E-state index in [1.165, 1.54) is 49.3 Å². The minimum atomic E-state index is 0.717. The SMILES string of the molecule is c1cc(CC2CCCCN2)cc(C2CSC2)c1. The Morgan fingerprint density at radius 3 is 2.88 bits per heavy atom. The van der Waals surface area contributed by atoms with Gasteiger partial charge < -0.3 is 5.32 Å². The molecule has 1 unspecified atom stereocenters. The van der Waals surface area contributed by atoms with Gasteiger partial charge in [-0.3, -0.25) is 0 Å². The highest BCUT2D eigenvalue weighted by atomic mass is 32.2. The molecule has 0 aromatic heterocycles. The molecule has 1 N–H and O–H groups in total. The Bertz CT molecular complexity index is 367. The maximum absolute atomic E-state index is 3.64. The maximum atomic E-state index is 3.64. The Labute approximate surface area is 108 Å². The largest absolute Gasteiger partial charge is 0.314 e. The third-order valence-corrected chi connectivity index (χ3v) is 5.23. The Hall–Kier alpha value is -0.470. The van der Waals surface area contributed by atoms with Crippen LogP contribution in [0.1, 0.15) is 36.3 Å². The van der Waals surface area contributed by atoms with E-state index in [1.807, 2.05) is 0 Å². The van der Waals surface area contributed by atoms with E-state index in [0.29, 0.717) is 0 Å². The molecule has 0 amide bonds. The molecule has 0 radical (unpaired) electrons. The predicted octanol–water partition coefficient (Wildman–Crippen LogP) is 3.20. The third-order valence-electron chi connectivity index (χ3n) is 3.95. The van der Waals surface area contributed by atoms with Crippen LogP contribution >= 0.6 is 11.8 Å². The number of piperidine rings is 1. The Morgan fingerprint density at radius 1 is 1.24 bits per heavy atom. The van der Waals surface area contributed by atoms with Gasteiger partial charge in [0.2, 0.25) is 0 Å². The van der Waals surface area contributed by atoms with Gasteiger partial charge >= 0.3 is 0 Å². The first-order valence-electron chi connectivity index (χ1n) is 6.82. The van der Waals surface area contributed by atoms with Gasteiger partial charge in [-0.25, -0.2) is 0 Å². The second-order valence-corrected chi connectivity index (χ2v) is 6.41. The van der Waals surface area contributed by atoms with E-state index in [1.54, 1.807) is 5.56 Å². The van der Waals surface area contributed by atoms with E-state index in [2.05, 4.69) is 41.3 Å². The lowest BCUT2D eigenvalue weighted by Gasteiger charge is -2.27. The number of rotatable bonds is 3. The second-order valence-electron chi connectivity index (χ2n) is 5.33. The van der Waals surface area contributed by atoms with Crippen LogP contribution in [-0.4, -0.2) is 24.1 Å². The predicted molar refractivity (Wildman–Crippen MR) is 75.9 cm³/mol. The van der Waals surface area contributed by atoms with Gasteiger partial charge in [0.1, 0.15) is 0 Å². The number of benzene rings is 1. The Balaban J connectivity index is 1.65. The first-order valence-corrected chi connectivity index (χ1v) is 7.97. The van der Waals surface area contributed by atoms with Crippen molar-refractivity contribution in [2.45, 2.75) is 37.6 Å². The molecule has 1 aromatic carbocycles. The smallest absolute Gasteiger partial charge is 0.0107 e. The summed E-state index contributed by atoms with van der Waals surface area (Å²) in [7, 11) is 0. The average Bonchev–Trinajstić information content (AvgIpc) is 2.28. The van der Waals surface area contributed by atoms with E-state index in [-0.39, 0.29) is 0 Å². The first kappa shape index (κ1) is 11.6. The van der Waals surface area contributed by atoms with Crippen molar-refractivity contribution in [2.75, 3.05) is 18.1 Å². The summed E-state index contributed by atoms with van der Waals surface area (Å²) in [6, 6.07) is 10.0.